The van der Waals surface area contributed by atoms with Crippen LogP contribution < -0.4 is 0 Å². The predicted molar refractivity (Wildman–Crippen MR) is 101 cm³/mol. The van der Waals surface area contributed by atoms with Crippen molar-refractivity contribution in [3.05, 3.63) is 35.1 Å². The van der Waals surface area contributed by atoms with Crippen LogP contribution in [-0.4, -0.2) is 54.9 Å². The predicted octanol–water partition coefficient (Wildman–Crippen LogP) is 3.17. The van der Waals surface area contributed by atoms with Gasteiger partial charge in [0.15, 0.2) is 0 Å². The zero-order chi connectivity index (χ0) is 18.3. The Kier molecular flexibility index (Phi) is 5.30. The summed E-state index contributed by atoms with van der Waals surface area (Å²) in [5.41, 5.74) is 2.26. The van der Waals surface area contributed by atoms with Gasteiger partial charge in [-0.25, -0.2) is 12.8 Å². The van der Waals surface area contributed by atoms with E-state index in [0.717, 1.165) is 44.3 Å². The van der Waals surface area contributed by atoms with Crippen molar-refractivity contribution in [2.45, 2.75) is 44.2 Å². The van der Waals surface area contributed by atoms with Gasteiger partial charge in [-0.05, 0) is 61.3 Å². The molecule has 26 heavy (non-hydrogen) atoms. The molecule has 4 rings (SSSR count). The molecule has 0 amide bonds. The van der Waals surface area contributed by atoms with Crippen molar-refractivity contribution in [1.82, 2.24) is 9.21 Å². The maximum atomic E-state index is 13.9. The third-order valence-electron chi connectivity index (χ3n) is 6.27. The summed E-state index contributed by atoms with van der Waals surface area (Å²) in [5, 5.41) is 0. The first-order valence-electron chi connectivity index (χ1n) is 9.57. The third kappa shape index (κ3) is 3.41. The summed E-state index contributed by atoms with van der Waals surface area (Å²) in [6.45, 7) is 2.49. The summed E-state index contributed by atoms with van der Waals surface area (Å²) in [7, 11) is -3.28. The van der Waals surface area contributed by atoms with E-state index in [1.54, 1.807) is 10.4 Å². The van der Waals surface area contributed by atoms with Crippen LogP contribution in [0.2, 0.25) is 0 Å². The number of rotatable bonds is 4. The lowest BCUT2D eigenvalue weighted by molar-refractivity contribution is 0.0219. The molecule has 0 radical (unpaired) electrons. The van der Waals surface area contributed by atoms with Gasteiger partial charge < -0.3 is 0 Å². The van der Waals surface area contributed by atoms with Crippen molar-refractivity contribution < 1.29 is 12.8 Å². The molecule has 0 aromatic heterocycles. The second-order valence-electron chi connectivity index (χ2n) is 7.78. The molecule has 3 aliphatic rings. The second kappa shape index (κ2) is 7.38. The molecule has 144 valence electrons. The number of piperidine rings is 2. The van der Waals surface area contributed by atoms with Gasteiger partial charge in [-0.15, -0.1) is 11.6 Å². The average molecular weight is 401 g/mol. The van der Waals surface area contributed by atoms with E-state index in [2.05, 4.69) is 4.90 Å². The summed E-state index contributed by atoms with van der Waals surface area (Å²) < 4.78 is 41.3. The van der Waals surface area contributed by atoms with Crippen molar-refractivity contribution in [3.63, 3.8) is 0 Å². The summed E-state index contributed by atoms with van der Waals surface area (Å²) in [5.74, 6) is 0.660. The van der Waals surface area contributed by atoms with E-state index in [1.165, 1.54) is 11.6 Å². The molecule has 1 aromatic rings. The molecule has 2 saturated heterocycles. The summed E-state index contributed by atoms with van der Waals surface area (Å²) in [4.78, 5) is 2.44. The maximum absolute atomic E-state index is 13.9. The van der Waals surface area contributed by atoms with Crippen LogP contribution in [0.1, 0.15) is 42.9 Å². The van der Waals surface area contributed by atoms with E-state index in [0.29, 0.717) is 24.8 Å². The molecule has 0 aliphatic carbocycles. The fraction of sp³-hybridized carbons (Fsp3) is 0.684. The van der Waals surface area contributed by atoms with Gasteiger partial charge >= 0.3 is 0 Å². The lowest BCUT2D eigenvalue weighted by atomic mass is 9.77. The molecule has 1 aromatic carbocycles. The van der Waals surface area contributed by atoms with E-state index in [4.69, 9.17) is 11.6 Å². The molecule has 4 nitrogen and oxygen atoms in total. The van der Waals surface area contributed by atoms with Gasteiger partial charge in [0.1, 0.15) is 5.82 Å². The third-order valence-corrected chi connectivity index (χ3v) is 8.51. The van der Waals surface area contributed by atoms with E-state index in [9.17, 15) is 12.8 Å². The quantitative estimate of drug-likeness (QED) is 0.729. The number of sulfonamides is 1. The molecule has 2 fully saturated rings. The summed E-state index contributed by atoms with van der Waals surface area (Å²) >= 11 is 5.72. The van der Waals surface area contributed by atoms with Crippen molar-refractivity contribution in [1.29, 1.82) is 0 Å². The smallest absolute Gasteiger partial charge is 0.214 e. The molecule has 0 saturated carbocycles. The number of hydrogen-bond donors (Lipinski definition) is 0. The van der Waals surface area contributed by atoms with Crippen molar-refractivity contribution in [3.8, 4) is 0 Å². The van der Waals surface area contributed by atoms with Crippen LogP contribution in [0.3, 0.4) is 0 Å². The summed E-state index contributed by atoms with van der Waals surface area (Å²) in [6, 6.07) is 5.23. The van der Waals surface area contributed by atoms with Gasteiger partial charge in [0, 0.05) is 37.6 Å². The molecule has 0 N–H and O–H groups in total. The SMILES string of the molecule is O=S(=O)(CCCCl)N1CCC[C@@H]2CN3CCc4ccc(F)cc4[C@@H]3C[C@@H]21. The molecule has 7 heteroatoms. The Balaban J connectivity index is 1.62. The van der Waals surface area contributed by atoms with Crippen LogP contribution in [0.4, 0.5) is 4.39 Å². The zero-order valence-electron chi connectivity index (χ0n) is 14.9. The molecular weight excluding hydrogens is 375 g/mol. The minimum absolute atomic E-state index is 0.0274. The highest BCUT2D eigenvalue weighted by atomic mass is 35.5. The fourth-order valence-corrected chi connectivity index (χ4v) is 7.18. The van der Waals surface area contributed by atoms with E-state index in [1.807, 2.05) is 6.07 Å². The van der Waals surface area contributed by atoms with Gasteiger partial charge in [-0.1, -0.05) is 6.07 Å². The van der Waals surface area contributed by atoms with Crippen LogP contribution in [0.25, 0.3) is 0 Å². The lowest BCUT2D eigenvalue weighted by Gasteiger charge is -2.51. The summed E-state index contributed by atoms with van der Waals surface area (Å²) in [6.07, 6.45) is 4.19. The van der Waals surface area contributed by atoms with Gasteiger partial charge in [-0.2, -0.15) is 4.31 Å². The minimum Gasteiger partial charge on any atom is -0.296 e. The van der Waals surface area contributed by atoms with Crippen LogP contribution in [0.5, 0.6) is 0 Å². The first-order chi connectivity index (χ1) is 12.5. The highest BCUT2D eigenvalue weighted by molar-refractivity contribution is 7.89. The highest BCUT2D eigenvalue weighted by Crippen LogP contribution is 2.43. The first-order valence-corrected chi connectivity index (χ1v) is 11.7. The number of benzene rings is 1. The van der Waals surface area contributed by atoms with Crippen molar-refractivity contribution in [2.75, 3.05) is 31.3 Å². The number of fused-ring (bicyclic) bond motifs is 4. The Labute approximate surface area is 160 Å². The normalized spacial score (nSPS) is 29.7. The number of hydrogen-bond acceptors (Lipinski definition) is 3. The largest absolute Gasteiger partial charge is 0.296 e. The van der Waals surface area contributed by atoms with Crippen molar-refractivity contribution >= 4 is 21.6 Å². The van der Waals surface area contributed by atoms with Gasteiger partial charge in [0.2, 0.25) is 10.0 Å². The number of nitrogens with zero attached hydrogens (tertiary/aromatic N) is 2. The maximum Gasteiger partial charge on any atom is 0.214 e. The molecule has 3 atom stereocenters. The Morgan fingerprint density at radius 3 is 2.92 bits per heavy atom. The van der Waals surface area contributed by atoms with Crippen LogP contribution in [0.15, 0.2) is 18.2 Å². The van der Waals surface area contributed by atoms with E-state index >= 15 is 0 Å². The molecule has 0 spiro atoms. The standard InChI is InChI=1S/C19H26ClFN2O2S/c20-7-2-10-26(24,25)23-8-1-3-15-13-22-9-6-14-4-5-16(21)11-17(14)19(22)12-18(15)23/h4-5,11,15,18-19H,1-3,6-10,12-13H2/t15-,18+,19+/m1/s1. The van der Waals surface area contributed by atoms with Gasteiger partial charge in [-0.3, -0.25) is 4.90 Å². The van der Waals surface area contributed by atoms with E-state index < -0.39 is 10.0 Å². The van der Waals surface area contributed by atoms with Gasteiger partial charge in [0.05, 0.1) is 5.75 Å². The Morgan fingerprint density at radius 1 is 1.27 bits per heavy atom. The Hall–Kier alpha value is -0.690. The molecular formula is C19H26ClFN2O2S. The van der Waals surface area contributed by atoms with E-state index in [-0.39, 0.29) is 23.7 Å². The molecule has 0 bridgehead atoms. The highest BCUT2D eigenvalue weighted by Gasteiger charge is 2.45. The zero-order valence-corrected chi connectivity index (χ0v) is 16.5. The van der Waals surface area contributed by atoms with Crippen LogP contribution in [0, 0.1) is 11.7 Å². The Bertz CT molecular complexity index is 773. The fourth-order valence-electron chi connectivity index (χ4n) is 5.07. The second-order valence-corrected chi connectivity index (χ2v) is 10.2. The van der Waals surface area contributed by atoms with Crippen LogP contribution in [-0.2, 0) is 16.4 Å². The lowest BCUT2D eigenvalue weighted by Crippen LogP contribution is -2.57. The van der Waals surface area contributed by atoms with Crippen molar-refractivity contribution in [2.24, 2.45) is 5.92 Å². The first kappa shape index (κ1) is 18.7. The Morgan fingerprint density at radius 2 is 2.12 bits per heavy atom. The number of alkyl halides is 1. The van der Waals surface area contributed by atoms with Crippen LogP contribution >= 0.6 is 11.6 Å². The minimum atomic E-state index is -3.28. The monoisotopic (exact) mass is 400 g/mol. The number of halogens is 2. The molecule has 3 heterocycles. The molecule has 0 unspecified atom stereocenters. The average Bonchev–Trinajstić information content (AvgIpc) is 2.64. The van der Waals surface area contributed by atoms with Gasteiger partial charge in [0.25, 0.3) is 0 Å². The topological polar surface area (TPSA) is 40.6 Å². The molecule has 3 aliphatic heterocycles.